The molecule has 0 unspecified atom stereocenters. The van der Waals surface area contributed by atoms with Crippen molar-refractivity contribution < 1.29 is 4.74 Å². The van der Waals surface area contributed by atoms with E-state index in [4.69, 9.17) is 4.74 Å². The van der Waals surface area contributed by atoms with E-state index in [9.17, 15) is 0 Å². The number of aryl methyl sites for hydroxylation is 1. The molecule has 1 aromatic carbocycles. The van der Waals surface area contributed by atoms with Crippen LogP contribution in [0.2, 0.25) is 0 Å². The number of methoxy groups -OCH3 is 1. The Morgan fingerprint density at radius 2 is 2.15 bits per heavy atom. The topological polar surface area (TPSA) is 59.1 Å². The summed E-state index contributed by atoms with van der Waals surface area (Å²) in [4.78, 5) is 8.62. The first-order chi connectivity index (χ1) is 9.63. The Kier molecular flexibility index (Phi) is 4.79. The molecular weight excluding hydrogens is 320 g/mol. The minimum Gasteiger partial charge on any atom is -0.495 e. The zero-order valence-corrected chi connectivity index (χ0v) is 13.3. The van der Waals surface area contributed by atoms with E-state index in [-0.39, 0.29) is 0 Å². The van der Waals surface area contributed by atoms with Crippen LogP contribution < -0.4 is 15.4 Å². The van der Waals surface area contributed by atoms with Gasteiger partial charge in [-0.25, -0.2) is 4.98 Å². The van der Waals surface area contributed by atoms with Crippen LogP contribution in [0.3, 0.4) is 0 Å². The Labute approximate surface area is 126 Å². The van der Waals surface area contributed by atoms with Crippen molar-refractivity contribution in [3.63, 3.8) is 0 Å². The molecule has 1 aromatic heterocycles. The van der Waals surface area contributed by atoms with Gasteiger partial charge in [0.05, 0.1) is 17.3 Å². The summed E-state index contributed by atoms with van der Waals surface area (Å²) >= 11 is 3.45. The third-order valence-corrected chi connectivity index (χ3v) is 3.27. The molecule has 0 aliphatic heterocycles. The first-order valence-electron chi connectivity index (χ1n) is 6.32. The first kappa shape index (κ1) is 14.6. The van der Waals surface area contributed by atoms with Crippen LogP contribution in [0.25, 0.3) is 0 Å². The maximum absolute atomic E-state index is 5.35. The molecule has 20 heavy (non-hydrogen) atoms. The molecule has 0 aliphatic carbocycles. The van der Waals surface area contributed by atoms with Crippen molar-refractivity contribution in [1.82, 2.24) is 9.97 Å². The van der Waals surface area contributed by atoms with Crippen LogP contribution in [0.5, 0.6) is 5.75 Å². The van der Waals surface area contributed by atoms with Crippen molar-refractivity contribution in [2.24, 2.45) is 0 Å². The van der Waals surface area contributed by atoms with Gasteiger partial charge in [0.2, 0.25) is 5.95 Å². The number of benzene rings is 1. The maximum Gasteiger partial charge on any atom is 0.224 e. The van der Waals surface area contributed by atoms with Crippen LogP contribution in [0, 0.1) is 6.92 Å². The molecule has 0 amide bonds. The van der Waals surface area contributed by atoms with Crippen molar-refractivity contribution in [1.29, 1.82) is 0 Å². The van der Waals surface area contributed by atoms with Crippen molar-refractivity contribution in [2.75, 3.05) is 24.3 Å². The Balaban J connectivity index is 2.33. The first-order valence-corrected chi connectivity index (χ1v) is 7.11. The molecule has 2 N–H and O–H groups in total. The van der Waals surface area contributed by atoms with Crippen molar-refractivity contribution in [3.8, 4) is 5.75 Å². The predicted octanol–water partition coefficient (Wildman–Crippen LogP) is 3.73. The third-order valence-electron chi connectivity index (χ3n) is 2.69. The molecule has 0 atom stereocenters. The molecule has 5 nitrogen and oxygen atoms in total. The van der Waals surface area contributed by atoms with Gasteiger partial charge in [-0.3, -0.25) is 0 Å². The number of halogens is 1. The number of hydrogen-bond donors (Lipinski definition) is 2. The quantitative estimate of drug-likeness (QED) is 0.871. The van der Waals surface area contributed by atoms with Gasteiger partial charge in [-0.15, -0.1) is 0 Å². The molecule has 0 radical (unpaired) electrons. The number of rotatable bonds is 5. The highest BCUT2D eigenvalue weighted by Gasteiger charge is 2.09. The fraction of sp³-hybridized carbons (Fsp3) is 0.286. The number of nitrogens with zero attached hydrogens (tertiary/aromatic N) is 2. The number of aromatic nitrogens is 2. The number of anilines is 3. The van der Waals surface area contributed by atoms with E-state index in [1.165, 1.54) is 0 Å². The van der Waals surface area contributed by atoms with Gasteiger partial charge in [-0.2, -0.15) is 4.98 Å². The van der Waals surface area contributed by atoms with Gasteiger partial charge < -0.3 is 15.4 Å². The fourth-order valence-corrected chi connectivity index (χ4v) is 2.04. The summed E-state index contributed by atoms with van der Waals surface area (Å²) in [7, 11) is 1.65. The second kappa shape index (κ2) is 6.56. The highest BCUT2D eigenvalue weighted by Crippen LogP contribution is 2.31. The predicted molar refractivity (Wildman–Crippen MR) is 84.9 cm³/mol. The number of ether oxygens (including phenoxy) is 1. The van der Waals surface area contributed by atoms with Gasteiger partial charge in [-0.1, -0.05) is 6.07 Å². The van der Waals surface area contributed by atoms with E-state index < -0.39 is 0 Å². The average Bonchev–Trinajstić information content (AvgIpc) is 2.43. The number of hydrogen-bond acceptors (Lipinski definition) is 5. The van der Waals surface area contributed by atoms with Crippen LogP contribution in [0.15, 0.2) is 28.9 Å². The van der Waals surface area contributed by atoms with Gasteiger partial charge in [-0.05, 0) is 47.5 Å². The minimum atomic E-state index is 0.588. The SMILES string of the molecule is CCNc1ncc(Br)c(Nc2cc(C)ccc2OC)n1. The lowest BCUT2D eigenvalue weighted by atomic mass is 10.2. The lowest BCUT2D eigenvalue weighted by molar-refractivity contribution is 0.416. The largest absolute Gasteiger partial charge is 0.495 e. The molecule has 106 valence electrons. The van der Waals surface area contributed by atoms with E-state index >= 15 is 0 Å². The average molecular weight is 337 g/mol. The van der Waals surface area contributed by atoms with E-state index in [0.717, 1.165) is 28.0 Å². The molecular formula is C14H17BrN4O. The smallest absolute Gasteiger partial charge is 0.224 e. The van der Waals surface area contributed by atoms with Crippen LogP contribution in [0.1, 0.15) is 12.5 Å². The molecule has 2 rings (SSSR count). The summed E-state index contributed by atoms with van der Waals surface area (Å²) in [5, 5.41) is 6.35. The fourth-order valence-electron chi connectivity index (χ4n) is 1.75. The summed E-state index contributed by atoms with van der Waals surface area (Å²) in [6, 6.07) is 5.95. The molecule has 6 heteroatoms. The molecule has 2 aromatic rings. The zero-order chi connectivity index (χ0) is 14.5. The molecule has 0 spiro atoms. The van der Waals surface area contributed by atoms with Crippen LogP contribution in [0.4, 0.5) is 17.5 Å². The highest BCUT2D eigenvalue weighted by molar-refractivity contribution is 9.10. The van der Waals surface area contributed by atoms with Crippen molar-refractivity contribution >= 4 is 33.4 Å². The van der Waals surface area contributed by atoms with Crippen molar-refractivity contribution in [2.45, 2.75) is 13.8 Å². The van der Waals surface area contributed by atoms with Gasteiger partial charge >= 0.3 is 0 Å². The van der Waals surface area contributed by atoms with Crippen LogP contribution in [-0.4, -0.2) is 23.6 Å². The summed E-state index contributed by atoms with van der Waals surface area (Å²) in [6.07, 6.45) is 1.72. The second-order valence-corrected chi connectivity index (χ2v) is 5.10. The molecule has 0 aliphatic rings. The van der Waals surface area contributed by atoms with Crippen molar-refractivity contribution in [3.05, 3.63) is 34.4 Å². The molecule has 0 saturated heterocycles. The Bertz CT molecular complexity index is 604. The summed E-state index contributed by atoms with van der Waals surface area (Å²) < 4.78 is 6.15. The molecule has 0 bridgehead atoms. The number of nitrogens with one attached hydrogen (secondary N) is 2. The van der Waals surface area contributed by atoms with Gasteiger partial charge in [0, 0.05) is 12.7 Å². The van der Waals surface area contributed by atoms with Crippen LogP contribution >= 0.6 is 15.9 Å². The minimum absolute atomic E-state index is 0.588. The van der Waals surface area contributed by atoms with E-state index in [1.807, 2.05) is 32.0 Å². The molecule has 0 saturated carbocycles. The Hall–Kier alpha value is -1.82. The monoisotopic (exact) mass is 336 g/mol. The molecule has 1 heterocycles. The highest BCUT2D eigenvalue weighted by atomic mass is 79.9. The summed E-state index contributed by atoms with van der Waals surface area (Å²) in [6.45, 7) is 4.81. The zero-order valence-electron chi connectivity index (χ0n) is 11.7. The third kappa shape index (κ3) is 3.39. The Morgan fingerprint density at radius 1 is 1.35 bits per heavy atom. The van der Waals surface area contributed by atoms with Gasteiger partial charge in [0.25, 0.3) is 0 Å². The van der Waals surface area contributed by atoms with Gasteiger partial charge in [0.15, 0.2) is 0 Å². The van der Waals surface area contributed by atoms with E-state index in [1.54, 1.807) is 13.3 Å². The maximum atomic E-state index is 5.35. The summed E-state index contributed by atoms with van der Waals surface area (Å²) in [5.41, 5.74) is 2.01. The lowest BCUT2D eigenvalue weighted by Crippen LogP contribution is -2.05. The summed E-state index contributed by atoms with van der Waals surface area (Å²) in [5.74, 6) is 2.05. The van der Waals surface area contributed by atoms with Gasteiger partial charge in [0.1, 0.15) is 11.6 Å². The second-order valence-electron chi connectivity index (χ2n) is 4.25. The lowest BCUT2D eigenvalue weighted by Gasteiger charge is -2.13. The van der Waals surface area contributed by atoms with E-state index in [2.05, 4.69) is 36.5 Å². The van der Waals surface area contributed by atoms with E-state index in [0.29, 0.717) is 11.8 Å². The molecule has 0 fully saturated rings. The normalized spacial score (nSPS) is 10.2. The van der Waals surface area contributed by atoms with Crippen LogP contribution in [-0.2, 0) is 0 Å². The standard InChI is InChI=1S/C14H17BrN4O/c1-4-16-14-17-8-10(15)13(19-14)18-11-7-9(2)5-6-12(11)20-3/h5-8H,4H2,1-3H3,(H2,16,17,18,19). The Morgan fingerprint density at radius 3 is 2.85 bits per heavy atom.